The zero-order valence-electron chi connectivity index (χ0n) is 10.3. The summed E-state index contributed by atoms with van der Waals surface area (Å²) in [5.74, 6) is 1.11. The minimum absolute atomic E-state index is 0.0209. The number of nitrogens with zero attached hydrogens (tertiary/aromatic N) is 3. The van der Waals surface area contributed by atoms with Crippen molar-refractivity contribution in [2.75, 3.05) is 31.0 Å². The fourth-order valence-corrected chi connectivity index (χ4v) is 2.35. The van der Waals surface area contributed by atoms with Gasteiger partial charge >= 0.3 is 6.01 Å². The highest BCUT2D eigenvalue weighted by atomic mass is 35.5. The molecule has 0 bridgehead atoms. The number of halogens is 2. The summed E-state index contributed by atoms with van der Waals surface area (Å²) in [5, 5.41) is 0.498. The largest absolute Gasteiger partial charge is 0.467 e. The minimum Gasteiger partial charge on any atom is -0.467 e. The smallest absolute Gasteiger partial charge is 0.318 e. The molecule has 1 aromatic rings. The molecule has 0 radical (unpaired) electrons. The molecule has 7 heteroatoms. The summed E-state index contributed by atoms with van der Waals surface area (Å²) in [7, 11) is 1.52. The van der Waals surface area contributed by atoms with Gasteiger partial charge in [-0.15, -0.1) is 11.6 Å². The van der Waals surface area contributed by atoms with Gasteiger partial charge in [0.25, 0.3) is 0 Å². The summed E-state index contributed by atoms with van der Waals surface area (Å²) in [6, 6.07) is 0.302. The molecular weight excluding hydrogens is 277 g/mol. The van der Waals surface area contributed by atoms with E-state index in [0.717, 1.165) is 0 Å². The Bertz CT molecular complexity index is 419. The Morgan fingerprint density at radius 1 is 1.56 bits per heavy atom. The molecule has 0 aromatic carbocycles. The maximum Gasteiger partial charge on any atom is 0.318 e. The van der Waals surface area contributed by atoms with E-state index in [0.29, 0.717) is 35.8 Å². The molecule has 2 heterocycles. The van der Waals surface area contributed by atoms with Crippen molar-refractivity contribution in [1.82, 2.24) is 9.97 Å². The van der Waals surface area contributed by atoms with E-state index in [2.05, 4.69) is 9.97 Å². The van der Waals surface area contributed by atoms with Crippen molar-refractivity contribution in [3.05, 3.63) is 11.2 Å². The molecule has 100 valence electrons. The molecule has 1 saturated heterocycles. The van der Waals surface area contributed by atoms with E-state index in [1.54, 1.807) is 6.20 Å². The van der Waals surface area contributed by atoms with E-state index < -0.39 is 0 Å². The Morgan fingerprint density at radius 3 is 3.00 bits per heavy atom. The second-order valence-electron chi connectivity index (χ2n) is 4.16. The Hall–Kier alpha value is -0.780. The van der Waals surface area contributed by atoms with Crippen molar-refractivity contribution >= 4 is 29.0 Å². The average Bonchev–Trinajstić information content (AvgIpc) is 2.38. The molecule has 0 spiro atoms. The Kier molecular flexibility index (Phi) is 4.48. The van der Waals surface area contributed by atoms with Crippen LogP contribution < -0.4 is 9.64 Å². The summed E-state index contributed by atoms with van der Waals surface area (Å²) in [5.41, 5.74) is 0. The van der Waals surface area contributed by atoms with Gasteiger partial charge in [0.2, 0.25) is 0 Å². The standard InChI is InChI=1S/C11H15Cl2N3O2/c1-7-5-16(6-8(3-12)18-7)10-9(13)4-14-11(15-10)17-2/h4,7-8H,3,5-6H2,1-2H3. The van der Waals surface area contributed by atoms with Gasteiger partial charge in [0.1, 0.15) is 5.02 Å². The fourth-order valence-electron chi connectivity index (χ4n) is 1.97. The van der Waals surface area contributed by atoms with Crippen molar-refractivity contribution in [2.24, 2.45) is 0 Å². The summed E-state index contributed by atoms with van der Waals surface area (Å²) in [6.07, 6.45) is 1.60. The minimum atomic E-state index is -0.0209. The van der Waals surface area contributed by atoms with Crippen LogP contribution in [0.1, 0.15) is 6.92 Å². The van der Waals surface area contributed by atoms with E-state index in [9.17, 15) is 0 Å². The lowest BCUT2D eigenvalue weighted by atomic mass is 10.2. The first-order valence-corrected chi connectivity index (χ1v) is 6.58. The van der Waals surface area contributed by atoms with Gasteiger partial charge in [-0.3, -0.25) is 0 Å². The molecule has 0 aliphatic carbocycles. The molecule has 5 nitrogen and oxygen atoms in total. The third kappa shape index (κ3) is 2.96. The Balaban J connectivity index is 2.24. The van der Waals surface area contributed by atoms with Crippen LogP contribution in [0.25, 0.3) is 0 Å². The van der Waals surface area contributed by atoms with Crippen molar-refractivity contribution in [3.8, 4) is 6.01 Å². The lowest BCUT2D eigenvalue weighted by Gasteiger charge is -2.37. The number of morpholine rings is 1. The molecule has 2 atom stereocenters. The van der Waals surface area contributed by atoms with Gasteiger partial charge in [-0.1, -0.05) is 11.6 Å². The predicted molar refractivity (Wildman–Crippen MR) is 70.9 cm³/mol. The number of ether oxygens (including phenoxy) is 2. The van der Waals surface area contributed by atoms with Crippen molar-refractivity contribution in [1.29, 1.82) is 0 Å². The first-order chi connectivity index (χ1) is 8.63. The van der Waals surface area contributed by atoms with Crippen molar-refractivity contribution in [2.45, 2.75) is 19.1 Å². The Labute approximate surface area is 116 Å². The zero-order valence-corrected chi connectivity index (χ0v) is 11.8. The van der Waals surface area contributed by atoms with E-state index in [1.807, 2.05) is 11.8 Å². The molecular formula is C11H15Cl2N3O2. The van der Waals surface area contributed by atoms with Crippen LogP contribution >= 0.6 is 23.2 Å². The van der Waals surface area contributed by atoms with Gasteiger partial charge in [0.15, 0.2) is 5.82 Å². The van der Waals surface area contributed by atoms with E-state index in [4.69, 9.17) is 32.7 Å². The molecule has 1 aromatic heterocycles. The number of hydrogen-bond acceptors (Lipinski definition) is 5. The Morgan fingerprint density at radius 2 is 2.33 bits per heavy atom. The molecule has 18 heavy (non-hydrogen) atoms. The summed E-state index contributed by atoms with van der Waals surface area (Å²) in [4.78, 5) is 10.3. The topological polar surface area (TPSA) is 47.5 Å². The second-order valence-corrected chi connectivity index (χ2v) is 4.87. The monoisotopic (exact) mass is 291 g/mol. The van der Waals surface area contributed by atoms with Crippen LogP contribution in [0.4, 0.5) is 5.82 Å². The van der Waals surface area contributed by atoms with E-state index in [1.165, 1.54) is 7.11 Å². The molecule has 2 rings (SSSR count). The number of anilines is 1. The van der Waals surface area contributed by atoms with E-state index in [-0.39, 0.29) is 12.2 Å². The normalized spacial score (nSPS) is 24.1. The summed E-state index contributed by atoms with van der Waals surface area (Å²) >= 11 is 12.0. The summed E-state index contributed by atoms with van der Waals surface area (Å²) < 4.78 is 10.7. The lowest BCUT2D eigenvalue weighted by molar-refractivity contribution is -0.00360. The van der Waals surface area contributed by atoms with Crippen LogP contribution in [-0.4, -0.2) is 48.3 Å². The maximum atomic E-state index is 6.13. The molecule has 1 aliphatic heterocycles. The highest BCUT2D eigenvalue weighted by Crippen LogP contribution is 2.27. The quantitative estimate of drug-likeness (QED) is 0.797. The van der Waals surface area contributed by atoms with Gasteiger partial charge in [-0.2, -0.15) is 4.98 Å². The number of hydrogen-bond donors (Lipinski definition) is 0. The number of rotatable bonds is 3. The number of aromatic nitrogens is 2. The number of methoxy groups -OCH3 is 1. The van der Waals surface area contributed by atoms with Gasteiger partial charge in [-0.25, -0.2) is 4.98 Å². The summed E-state index contributed by atoms with van der Waals surface area (Å²) in [6.45, 7) is 3.37. The number of alkyl halides is 1. The van der Waals surface area contributed by atoms with Crippen molar-refractivity contribution < 1.29 is 9.47 Å². The molecule has 0 N–H and O–H groups in total. The average molecular weight is 292 g/mol. The van der Waals surface area contributed by atoms with Crippen LogP contribution in [0.3, 0.4) is 0 Å². The molecule has 1 aliphatic rings. The van der Waals surface area contributed by atoms with Crippen LogP contribution in [0.15, 0.2) is 6.20 Å². The third-order valence-corrected chi connectivity index (χ3v) is 3.29. The molecule has 0 saturated carbocycles. The first kappa shape index (κ1) is 13.6. The van der Waals surface area contributed by atoms with Gasteiger partial charge in [0, 0.05) is 13.1 Å². The van der Waals surface area contributed by atoms with Crippen molar-refractivity contribution in [3.63, 3.8) is 0 Å². The SMILES string of the molecule is COc1ncc(Cl)c(N2CC(C)OC(CCl)C2)n1. The van der Waals surface area contributed by atoms with Crippen LogP contribution in [0.2, 0.25) is 5.02 Å². The highest BCUT2D eigenvalue weighted by Gasteiger charge is 2.27. The second kappa shape index (κ2) is 5.91. The lowest BCUT2D eigenvalue weighted by Crippen LogP contribution is -2.47. The highest BCUT2D eigenvalue weighted by molar-refractivity contribution is 6.32. The van der Waals surface area contributed by atoms with E-state index >= 15 is 0 Å². The fraction of sp³-hybridized carbons (Fsp3) is 0.636. The van der Waals surface area contributed by atoms with Gasteiger partial charge in [0.05, 0.1) is 31.4 Å². The van der Waals surface area contributed by atoms with Gasteiger partial charge in [-0.05, 0) is 6.92 Å². The molecule has 1 fully saturated rings. The van der Waals surface area contributed by atoms with Gasteiger partial charge < -0.3 is 14.4 Å². The molecule has 2 unspecified atom stereocenters. The first-order valence-electron chi connectivity index (χ1n) is 5.67. The van der Waals surface area contributed by atoms with Crippen LogP contribution in [0.5, 0.6) is 6.01 Å². The van der Waals surface area contributed by atoms with Crippen LogP contribution in [-0.2, 0) is 4.74 Å². The zero-order chi connectivity index (χ0) is 13.1. The predicted octanol–water partition coefficient (Wildman–Crippen LogP) is 1.97. The van der Waals surface area contributed by atoms with Crippen LogP contribution in [0, 0.1) is 0 Å². The molecule has 0 amide bonds. The third-order valence-electron chi connectivity index (χ3n) is 2.68. The maximum absolute atomic E-state index is 6.13.